The predicted octanol–water partition coefficient (Wildman–Crippen LogP) is 2.27. The first-order valence-corrected chi connectivity index (χ1v) is 6.26. The Labute approximate surface area is 106 Å². The summed E-state index contributed by atoms with van der Waals surface area (Å²) in [7, 11) is 0. The molecule has 0 saturated heterocycles. The lowest BCUT2D eigenvalue weighted by Crippen LogP contribution is -2.23. The Bertz CT molecular complexity index is 547. The highest BCUT2D eigenvalue weighted by Crippen LogP contribution is 2.35. The molecule has 0 amide bonds. The highest BCUT2D eigenvalue weighted by atomic mass is 16.5. The number of nitrogens with two attached hydrogens (primary N) is 1. The van der Waals surface area contributed by atoms with Crippen molar-refractivity contribution in [2.75, 3.05) is 6.61 Å². The minimum absolute atomic E-state index is 0.0116. The molecule has 1 aliphatic heterocycles. The Morgan fingerprint density at radius 2 is 2.28 bits per heavy atom. The first-order valence-electron chi connectivity index (χ1n) is 6.26. The minimum atomic E-state index is -0.0116. The van der Waals surface area contributed by atoms with Gasteiger partial charge in [0.2, 0.25) is 0 Å². The normalized spacial score (nSPS) is 20.0. The molecular weight excluding hydrogens is 226 g/mol. The van der Waals surface area contributed by atoms with Crippen LogP contribution < -0.4 is 10.5 Å². The maximum atomic E-state index is 5.99. The maximum absolute atomic E-state index is 5.99. The molecule has 94 valence electrons. The second-order valence-corrected chi connectivity index (χ2v) is 4.71. The van der Waals surface area contributed by atoms with E-state index in [1.54, 1.807) is 0 Å². The molecule has 2 atom stereocenters. The van der Waals surface area contributed by atoms with Crippen molar-refractivity contribution in [2.45, 2.75) is 25.4 Å². The summed E-state index contributed by atoms with van der Waals surface area (Å²) in [6.07, 6.45) is 4.67. The van der Waals surface area contributed by atoms with Crippen LogP contribution in [0.4, 0.5) is 0 Å². The Balaban J connectivity index is 2.06. The van der Waals surface area contributed by atoms with E-state index in [1.807, 2.05) is 37.6 Å². The van der Waals surface area contributed by atoms with Gasteiger partial charge in [-0.15, -0.1) is 0 Å². The van der Waals surface area contributed by atoms with Gasteiger partial charge in [-0.05, 0) is 13.0 Å². The molecule has 2 N–H and O–H groups in total. The maximum Gasteiger partial charge on any atom is 0.124 e. The van der Waals surface area contributed by atoms with E-state index in [2.05, 4.69) is 15.6 Å². The predicted molar refractivity (Wildman–Crippen MR) is 69.5 cm³/mol. The first-order chi connectivity index (χ1) is 8.77. The summed E-state index contributed by atoms with van der Waals surface area (Å²) in [6, 6.07) is 8.44. The van der Waals surface area contributed by atoms with Crippen LogP contribution >= 0.6 is 0 Å². The summed E-state index contributed by atoms with van der Waals surface area (Å²) in [6.45, 7) is 2.72. The number of aromatic nitrogens is 2. The summed E-state index contributed by atoms with van der Waals surface area (Å²) in [5, 5.41) is 0. The van der Waals surface area contributed by atoms with E-state index in [-0.39, 0.29) is 12.1 Å². The number of benzene rings is 1. The lowest BCUT2D eigenvalue weighted by Gasteiger charge is -2.28. The molecule has 1 aromatic heterocycles. The summed E-state index contributed by atoms with van der Waals surface area (Å²) in [4.78, 5) is 4.23. The van der Waals surface area contributed by atoms with Crippen molar-refractivity contribution in [3.8, 4) is 5.75 Å². The number of hydrogen-bond donors (Lipinski definition) is 1. The molecule has 0 fully saturated rings. The number of nitrogens with zero attached hydrogens (tertiary/aromatic N) is 2. The van der Waals surface area contributed by atoms with E-state index >= 15 is 0 Å². The summed E-state index contributed by atoms with van der Waals surface area (Å²) in [5.41, 5.74) is 8.27. The topological polar surface area (TPSA) is 53.1 Å². The van der Waals surface area contributed by atoms with E-state index in [1.165, 1.54) is 5.56 Å². The Kier molecular flexibility index (Phi) is 2.80. The number of imidazole rings is 1. The van der Waals surface area contributed by atoms with Gasteiger partial charge in [0.25, 0.3) is 0 Å². The zero-order valence-corrected chi connectivity index (χ0v) is 10.4. The summed E-state index contributed by atoms with van der Waals surface area (Å²) < 4.78 is 7.86. The van der Waals surface area contributed by atoms with Crippen molar-refractivity contribution in [3.05, 3.63) is 48.0 Å². The van der Waals surface area contributed by atoms with Crippen molar-refractivity contribution in [1.82, 2.24) is 9.55 Å². The number of para-hydroxylation sites is 1. The third-order valence-electron chi connectivity index (χ3n) is 3.43. The van der Waals surface area contributed by atoms with Crippen molar-refractivity contribution >= 4 is 0 Å². The van der Waals surface area contributed by atoms with Crippen LogP contribution in [0.3, 0.4) is 0 Å². The number of rotatable bonds is 2. The van der Waals surface area contributed by atoms with Gasteiger partial charge in [-0.1, -0.05) is 18.2 Å². The third-order valence-corrected chi connectivity index (χ3v) is 3.43. The van der Waals surface area contributed by atoms with Crippen molar-refractivity contribution in [3.63, 3.8) is 0 Å². The standard InChI is InChI=1S/C14H17N3O/c1-10(15)13-8-16-9-17(13)12-6-7-18-14-5-3-2-4-11(12)14/h2-5,8-10,12H,6-7,15H2,1H3. The fourth-order valence-electron chi connectivity index (χ4n) is 2.54. The lowest BCUT2D eigenvalue weighted by molar-refractivity contribution is 0.254. The number of fused-ring (bicyclic) bond motifs is 1. The monoisotopic (exact) mass is 243 g/mol. The largest absolute Gasteiger partial charge is 0.493 e. The molecule has 18 heavy (non-hydrogen) atoms. The number of ether oxygens (including phenoxy) is 1. The SMILES string of the molecule is CC(N)c1cncn1C1CCOc2ccccc21. The Morgan fingerprint density at radius 3 is 3.11 bits per heavy atom. The van der Waals surface area contributed by atoms with Gasteiger partial charge < -0.3 is 15.0 Å². The first kappa shape index (κ1) is 11.3. The molecule has 0 radical (unpaired) electrons. The molecule has 0 aliphatic carbocycles. The quantitative estimate of drug-likeness (QED) is 0.880. The average molecular weight is 243 g/mol. The molecule has 4 heteroatoms. The van der Waals surface area contributed by atoms with Gasteiger partial charge in [-0.3, -0.25) is 0 Å². The zero-order chi connectivity index (χ0) is 12.5. The van der Waals surface area contributed by atoms with Crippen molar-refractivity contribution in [1.29, 1.82) is 0 Å². The van der Waals surface area contributed by atoms with E-state index < -0.39 is 0 Å². The van der Waals surface area contributed by atoms with Gasteiger partial charge in [0.05, 0.1) is 24.7 Å². The second kappa shape index (κ2) is 4.46. The molecule has 0 spiro atoms. The van der Waals surface area contributed by atoms with Crippen LogP contribution in [-0.4, -0.2) is 16.2 Å². The van der Waals surface area contributed by atoms with Crippen LogP contribution in [0.5, 0.6) is 5.75 Å². The fourth-order valence-corrected chi connectivity index (χ4v) is 2.54. The van der Waals surface area contributed by atoms with Crippen LogP contribution in [0.25, 0.3) is 0 Å². The van der Waals surface area contributed by atoms with E-state index in [4.69, 9.17) is 10.5 Å². The third kappa shape index (κ3) is 1.78. The van der Waals surface area contributed by atoms with Gasteiger partial charge in [0, 0.05) is 24.2 Å². The van der Waals surface area contributed by atoms with Crippen LogP contribution in [0.2, 0.25) is 0 Å². The molecule has 0 bridgehead atoms. The minimum Gasteiger partial charge on any atom is -0.493 e. The fraction of sp³-hybridized carbons (Fsp3) is 0.357. The van der Waals surface area contributed by atoms with Gasteiger partial charge >= 0.3 is 0 Å². The molecule has 2 aromatic rings. The van der Waals surface area contributed by atoms with Crippen molar-refractivity contribution < 1.29 is 4.74 Å². The van der Waals surface area contributed by atoms with Crippen LogP contribution in [-0.2, 0) is 0 Å². The van der Waals surface area contributed by atoms with Crippen molar-refractivity contribution in [2.24, 2.45) is 5.73 Å². The summed E-state index contributed by atoms with van der Waals surface area (Å²) >= 11 is 0. The van der Waals surface area contributed by atoms with Crippen LogP contribution in [0, 0.1) is 0 Å². The Hall–Kier alpha value is -1.81. The van der Waals surface area contributed by atoms with Gasteiger partial charge in [-0.25, -0.2) is 4.98 Å². The van der Waals surface area contributed by atoms with Gasteiger partial charge in [-0.2, -0.15) is 0 Å². The zero-order valence-electron chi connectivity index (χ0n) is 10.4. The Morgan fingerprint density at radius 1 is 1.44 bits per heavy atom. The molecule has 1 aliphatic rings. The van der Waals surface area contributed by atoms with Gasteiger partial charge in [0.15, 0.2) is 0 Å². The molecule has 1 aromatic carbocycles. The van der Waals surface area contributed by atoms with Crippen LogP contribution in [0.15, 0.2) is 36.8 Å². The van der Waals surface area contributed by atoms with Crippen LogP contribution in [0.1, 0.15) is 36.7 Å². The van der Waals surface area contributed by atoms with Gasteiger partial charge in [0.1, 0.15) is 5.75 Å². The van der Waals surface area contributed by atoms with E-state index in [0.717, 1.165) is 24.5 Å². The second-order valence-electron chi connectivity index (χ2n) is 4.71. The smallest absolute Gasteiger partial charge is 0.124 e. The average Bonchev–Trinajstić information content (AvgIpc) is 2.87. The molecule has 3 rings (SSSR count). The van der Waals surface area contributed by atoms with E-state index in [0.29, 0.717) is 0 Å². The molecule has 0 saturated carbocycles. The highest BCUT2D eigenvalue weighted by Gasteiger charge is 2.24. The highest BCUT2D eigenvalue weighted by molar-refractivity contribution is 5.38. The molecule has 4 nitrogen and oxygen atoms in total. The molecule has 2 heterocycles. The molecular formula is C14H17N3O. The lowest BCUT2D eigenvalue weighted by atomic mass is 10.00. The number of hydrogen-bond acceptors (Lipinski definition) is 3. The van der Waals surface area contributed by atoms with E-state index in [9.17, 15) is 0 Å². The molecule has 2 unspecified atom stereocenters. The summed E-state index contributed by atoms with van der Waals surface area (Å²) in [5.74, 6) is 0.970.